The molecule has 0 saturated heterocycles. The second kappa shape index (κ2) is 5.95. The summed E-state index contributed by atoms with van der Waals surface area (Å²) in [6, 6.07) is 7.88. The molecule has 0 fully saturated rings. The van der Waals surface area contributed by atoms with Crippen LogP contribution in [0.3, 0.4) is 0 Å². The van der Waals surface area contributed by atoms with Crippen LogP contribution in [-0.4, -0.2) is 18.8 Å². The molecule has 104 valence electrons. The van der Waals surface area contributed by atoms with Crippen molar-refractivity contribution in [2.24, 2.45) is 0 Å². The van der Waals surface area contributed by atoms with E-state index in [1.807, 2.05) is 31.2 Å². The van der Waals surface area contributed by atoms with Crippen molar-refractivity contribution in [3.63, 3.8) is 0 Å². The van der Waals surface area contributed by atoms with Crippen molar-refractivity contribution >= 4 is 22.6 Å². The van der Waals surface area contributed by atoms with Crippen molar-refractivity contribution in [1.29, 1.82) is 0 Å². The Morgan fingerprint density at radius 3 is 2.79 bits per heavy atom. The van der Waals surface area contributed by atoms with Crippen molar-refractivity contribution in [2.45, 2.75) is 32.9 Å². The fraction of sp³-hybridized carbons (Fsp3) is 0.467. The molecule has 0 saturated carbocycles. The first-order valence-corrected chi connectivity index (χ1v) is 6.92. The first kappa shape index (κ1) is 14.4. The lowest BCUT2D eigenvalue weighted by Crippen LogP contribution is -2.37. The second-order valence-electron chi connectivity index (χ2n) is 5.15. The lowest BCUT2D eigenvalue weighted by Gasteiger charge is -2.24. The number of hydrogen-bond acceptors (Lipinski definition) is 3. The number of nitrogens with one attached hydrogen (secondary N) is 1. The van der Waals surface area contributed by atoms with Gasteiger partial charge < -0.3 is 14.5 Å². The van der Waals surface area contributed by atoms with Crippen LogP contribution in [0.4, 0.5) is 0 Å². The van der Waals surface area contributed by atoms with E-state index >= 15 is 0 Å². The van der Waals surface area contributed by atoms with E-state index in [9.17, 15) is 0 Å². The highest BCUT2D eigenvalue weighted by molar-refractivity contribution is 6.30. The molecule has 2 aromatic rings. The van der Waals surface area contributed by atoms with Crippen molar-refractivity contribution < 1.29 is 9.15 Å². The molecule has 19 heavy (non-hydrogen) atoms. The van der Waals surface area contributed by atoms with Gasteiger partial charge in [0.25, 0.3) is 0 Å². The van der Waals surface area contributed by atoms with Crippen molar-refractivity contribution in [2.75, 3.05) is 13.2 Å². The summed E-state index contributed by atoms with van der Waals surface area (Å²) in [5.74, 6) is 0. The van der Waals surface area contributed by atoms with E-state index in [1.165, 1.54) is 0 Å². The summed E-state index contributed by atoms with van der Waals surface area (Å²) in [4.78, 5) is 0. The zero-order valence-electron chi connectivity index (χ0n) is 11.6. The largest absolute Gasteiger partial charge is 0.444 e. The van der Waals surface area contributed by atoms with Crippen LogP contribution in [0.1, 0.15) is 26.3 Å². The number of hydrogen-bond donors (Lipinski definition) is 1. The predicted octanol–water partition coefficient (Wildman–Crippen LogP) is 3.99. The lowest BCUT2D eigenvalue weighted by molar-refractivity contribution is -0.00897. The van der Waals surface area contributed by atoms with Gasteiger partial charge in [-0.2, -0.15) is 0 Å². The van der Waals surface area contributed by atoms with E-state index < -0.39 is 0 Å². The second-order valence-corrected chi connectivity index (χ2v) is 5.49. The van der Waals surface area contributed by atoms with Crippen molar-refractivity contribution in [1.82, 2.24) is 5.32 Å². The Kier molecular flexibility index (Phi) is 4.50. The Hall–Kier alpha value is -1.03. The molecule has 0 radical (unpaired) electrons. The molecular formula is C15H20ClNO2. The summed E-state index contributed by atoms with van der Waals surface area (Å²) in [6.07, 6.45) is 0. The molecule has 1 N–H and O–H groups in total. The third-order valence-electron chi connectivity index (χ3n) is 3.04. The molecule has 0 amide bonds. The smallest absolute Gasteiger partial charge is 0.199 e. The van der Waals surface area contributed by atoms with Crippen LogP contribution < -0.4 is 5.32 Å². The number of furan rings is 1. The number of benzene rings is 1. The minimum atomic E-state index is -0.180. The Balaban J connectivity index is 2.04. The average Bonchev–Trinajstić information content (AvgIpc) is 2.66. The summed E-state index contributed by atoms with van der Waals surface area (Å²) in [7, 11) is 0. The number of fused-ring (bicyclic) bond motifs is 1. The van der Waals surface area contributed by atoms with Gasteiger partial charge in [0.05, 0.1) is 5.60 Å². The molecule has 1 aromatic heterocycles. The van der Waals surface area contributed by atoms with Crippen LogP contribution >= 0.6 is 11.6 Å². The number of para-hydroxylation sites is 1. The normalized spacial score (nSPS) is 12.2. The van der Waals surface area contributed by atoms with Gasteiger partial charge in [0.1, 0.15) is 5.58 Å². The van der Waals surface area contributed by atoms with E-state index in [1.54, 1.807) is 0 Å². The maximum Gasteiger partial charge on any atom is 0.199 e. The Bertz CT molecular complexity index is 548. The maximum absolute atomic E-state index is 6.14. The Labute approximate surface area is 118 Å². The molecule has 0 aliphatic rings. The third kappa shape index (κ3) is 3.50. The minimum absolute atomic E-state index is 0.180. The highest BCUT2D eigenvalue weighted by Gasteiger charge is 2.18. The molecular weight excluding hydrogens is 262 g/mol. The topological polar surface area (TPSA) is 34.4 Å². The summed E-state index contributed by atoms with van der Waals surface area (Å²) in [5, 5.41) is 4.90. The van der Waals surface area contributed by atoms with Crippen molar-refractivity contribution in [3.8, 4) is 0 Å². The van der Waals surface area contributed by atoms with E-state index in [4.69, 9.17) is 20.8 Å². The predicted molar refractivity (Wildman–Crippen MR) is 78.6 cm³/mol. The molecule has 0 spiro atoms. The maximum atomic E-state index is 6.14. The SMILES string of the molecule is CCOC(C)(C)CNCc1c(Cl)oc2ccccc12. The third-order valence-corrected chi connectivity index (χ3v) is 3.34. The van der Waals surface area contributed by atoms with Gasteiger partial charge in [0.2, 0.25) is 0 Å². The van der Waals surface area contributed by atoms with E-state index in [0.717, 1.165) is 23.1 Å². The van der Waals surface area contributed by atoms with E-state index in [0.29, 0.717) is 18.4 Å². The molecule has 0 atom stereocenters. The van der Waals surface area contributed by atoms with Crippen LogP contribution in [-0.2, 0) is 11.3 Å². The molecule has 3 nitrogen and oxygen atoms in total. The lowest BCUT2D eigenvalue weighted by atomic mass is 10.1. The summed E-state index contributed by atoms with van der Waals surface area (Å²) < 4.78 is 11.2. The Morgan fingerprint density at radius 1 is 1.32 bits per heavy atom. The molecule has 0 bridgehead atoms. The van der Waals surface area contributed by atoms with Crippen LogP contribution in [0, 0.1) is 0 Å². The monoisotopic (exact) mass is 281 g/mol. The number of rotatable bonds is 6. The summed E-state index contributed by atoms with van der Waals surface area (Å²) in [6.45, 7) is 8.28. The molecule has 1 aromatic carbocycles. The molecule has 0 aliphatic heterocycles. The Morgan fingerprint density at radius 2 is 2.05 bits per heavy atom. The molecule has 4 heteroatoms. The minimum Gasteiger partial charge on any atom is -0.444 e. The zero-order valence-corrected chi connectivity index (χ0v) is 12.4. The first-order valence-electron chi connectivity index (χ1n) is 6.54. The van der Waals surface area contributed by atoms with Crippen molar-refractivity contribution in [3.05, 3.63) is 35.0 Å². The van der Waals surface area contributed by atoms with Crippen LogP contribution in [0.2, 0.25) is 5.22 Å². The van der Waals surface area contributed by atoms with Crippen LogP contribution in [0.15, 0.2) is 28.7 Å². The number of halogens is 1. The standard InChI is InChI=1S/C15H20ClNO2/c1-4-18-15(2,3)10-17-9-12-11-7-5-6-8-13(11)19-14(12)16/h5-8,17H,4,9-10H2,1-3H3. The van der Waals surface area contributed by atoms with Gasteiger partial charge in [0, 0.05) is 30.6 Å². The highest BCUT2D eigenvalue weighted by atomic mass is 35.5. The molecule has 0 aliphatic carbocycles. The summed E-state index contributed by atoms with van der Waals surface area (Å²) >= 11 is 6.14. The number of ether oxygens (including phenoxy) is 1. The van der Waals surface area contributed by atoms with Crippen LogP contribution in [0.5, 0.6) is 0 Å². The summed E-state index contributed by atoms with van der Waals surface area (Å²) in [5.41, 5.74) is 1.65. The van der Waals surface area contributed by atoms with Gasteiger partial charge in [-0.3, -0.25) is 0 Å². The first-order chi connectivity index (χ1) is 9.03. The fourth-order valence-corrected chi connectivity index (χ4v) is 2.42. The quantitative estimate of drug-likeness (QED) is 0.869. The van der Waals surface area contributed by atoms with Crippen LogP contribution in [0.25, 0.3) is 11.0 Å². The molecule has 0 unspecified atom stereocenters. The van der Waals surface area contributed by atoms with E-state index in [-0.39, 0.29) is 5.60 Å². The van der Waals surface area contributed by atoms with Gasteiger partial charge in [-0.25, -0.2) is 0 Å². The van der Waals surface area contributed by atoms with Gasteiger partial charge >= 0.3 is 0 Å². The average molecular weight is 282 g/mol. The molecule has 1 heterocycles. The fourth-order valence-electron chi connectivity index (χ4n) is 2.16. The zero-order chi connectivity index (χ0) is 13.9. The van der Waals surface area contributed by atoms with Gasteiger partial charge in [-0.15, -0.1) is 0 Å². The highest BCUT2D eigenvalue weighted by Crippen LogP contribution is 2.29. The van der Waals surface area contributed by atoms with Gasteiger partial charge in [-0.1, -0.05) is 18.2 Å². The van der Waals surface area contributed by atoms with Gasteiger partial charge in [-0.05, 0) is 38.4 Å². The molecule has 2 rings (SSSR count). The van der Waals surface area contributed by atoms with E-state index in [2.05, 4.69) is 19.2 Å². The van der Waals surface area contributed by atoms with Gasteiger partial charge in [0.15, 0.2) is 5.22 Å².